The SMILES string of the molecule is CN(C)c1nc(N)nc(CSc2c(C(C)(C)C)cc(C(C)(C)C)c(O)c2O)n1. The molecule has 0 amide bonds. The van der Waals surface area contributed by atoms with Crippen molar-refractivity contribution >= 4 is 23.7 Å². The van der Waals surface area contributed by atoms with E-state index >= 15 is 0 Å². The molecule has 0 aliphatic carbocycles. The molecular formula is C20H31N5O2S. The van der Waals surface area contributed by atoms with Gasteiger partial charge >= 0.3 is 0 Å². The van der Waals surface area contributed by atoms with Gasteiger partial charge in [0.05, 0.1) is 10.6 Å². The fourth-order valence-electron chi connectivity index (χ4n) is 2.74. The number of thioether (sulfide) groups is 1. The molecule has 2 aromatic rings. The Morgan fingerprint density at radius 1 is 0.929 bits per heavy atom. The van der Waals surface area contributed by atoms with E-state index in [9.17, 15) is 10.2 Å². The smallest absolute Gasteiger partial charge is 0.229 e. The zero-order valence-corrected chi connectivity index (χ0v) is 18.8. The minimum absolute atomic E-state index is 0.0767. The molecule has 0 aliphatic heterocycles. The van der Waals surface area contributed by atoms with Crippen LogP contribution in [0.5, 0.6) is 11.5 Å². The molecule has 0 saturated carbocycles. The first-order chi connectivity index (χ1) is 12.7. The number of rotatable bonds is 4. The summed E-state index contributed by atoms with van der Waals surface area (Å²) < 4.78 is 0. The van der Waals surface area contributed by atoms with Crippen LogP contribution in [0.4, 0.5) is 11.9 Å². The molecule has 8 heteroatoms. The Labute approximate surface area is 171 Å². The van der Waals surface area contributed by atoms with Gasteiger partial charge in [0.2, 0.25) is 11.9 Å². The summed E-state index contributed by atoms with van der Waals surface area (Å²) in [4.78, 5) is 15.1. The lowest BCUT2D eigenvalue weighted by Crippen LogP contribution is -2.18. The van der Waals surface area contributed by atoms with Gasteiger partial charge in [0.1, 0.15) is 5.82 Å². The van der Waals surface area contributed by atoms with Gasteiger partial charge < -0.3 is 20.8 Å². The van der Waals surface area contributed by atoms with Crippen LogP contribution in [0.15, 0.2) is 11.0 Å². The van der Waals surface area contributed by atoms with Crippen molar-refractivity contribution in [3.63, 3.8) is 0 Å². The van der Waals surface area contributed by atoms with E-state index < -0.39 is 0 Å². The molecule has 0 fully saturated rings. The third-order valence-corrected chi connectivity index (χ3v) is 5.38. The maximum absolute atomic E-state index is 10.8. The molecule has 0 aliphatic rings. The summed E-state index contributed by atoms with van der Waals surface area (Å²) in [5, 5.41) is 21.4. The summed E-state index contributed by atoms with van der Waals surface area (Å²) in [6.45, 7) is 12.3. The van der Waals surface area contributed by atoms with E-state index in [1.807, 2.05) is 40.9 Å². The summed E-state index contributed by atoms with van der Waals surface area (Å²) >= 11 is 1.38. The molecule has 154 valence electrons. The largest absolute Gasteiger partial charge is 0.504 e. The topological polar surface area (TPSA) is 108 Å². The number of nitrogens with zero attached hydrogens (tertiary/aromatic N) is 4. The number of nitrogens with two attached hydrogens (primary N) is 1. The zero-order chi connectivity index (χ0) is 21.4. The number of hydrogen-bond acceptors (Lipinski definition) is 8. The Kier molecular flexibility index (Phi) is 6.04. The van der Waals surface area contributed by atoms with Crippen LogP contribution in [0.3, 0.4) is 0 Å². The lowest BCUT2D eigenvalue weighted by molar-refractivity contribution is 0.376. The summed E-state index contributed by atoms with van der Waals surface area (Å²) in [7, 11) is 3.66. The van der Waals surface area contributed by atoms with Crippen molar-refractivity contribution in [3.05, 3.63) is 23.0 Å². The Morgan fingerprint density at radius 3 is 2.00 bits per heavy atom. The molecule has 28 heavy (non-hydrogen) atoms. The Hall–Kier alpha value is -2.22. The van der Waals surface area contributed by atoms with E-state index in [0.29, 0.717) is 22.4 Å². The maximum atomic E-state index is 10.8. The molecule has 0 bridgehead atoms. The third kappa shape index (κ3) is 4.79. The predicted molar refractivity (Wildman–Crippen MR) is 115 cm³/mol. The molecule has 1 aromatic heterocycles. The number of phenolic OH excluding ortho intramolecular Hbond substituents is 2. The van der Waals surface area contributed by atoms with E-state index in [2.05, 4.69) is 35.7 Å². The van der Waals surface area contributed by atoms with Gasteiger partial charge in [-0.25, -0.2) is 0 Å². The molecule has 0 spiro atoms. The number of hydrogen-bond donors (Lipinski definition) is 3. The monoisotopic (exact) mass is 405 g/mol. The number of benzene rings is 1. The quantitative estimate of drug-likeness (QED) is 0.520. The molecule has 0 atom stereocenters. The second-order valence-corrected chi connectivity index (χ2v) is 10.1. The third-order valence-electron chi connectivity index (χ3n) is 4.28. The van der Waals surface area contributed by atoms with Gasteiger partial charge in [-0.3, -0.25) is 0 Å². The summed E-state index contributed by atoms with van der Waals surface area (Å²) in [6.07, 6.45) is 0. The maximum Gasteiger partial charge on any atom is 0.229 e. The molecule has 0 unspecified atom stereocenters. The fourth-order valence-corrected chi connectivity index (χ4v) is 3.90. The number of anilines is 2. The predicted octanol–water partition coefficient (Wildman–Crippen LogP) is 3.82. The lowest BCUT2D eigenvalue weighted by atomic mass is 9.80. The van der Waals surface area contributed by atoms with Crippen LogP contribution in [-0.4, -0.2) is 39.3 Å². The van der Waals surface area contributed by atoms with Gasteiger partial charge in [-0.05, 0) is 22.5 Å². The van der Waals surface area contributed by atoms with E-state index in [1.165, 1.54) is 11.8 Å². The number of nitrogen functional groups attached to an aromatic ring is 1. The average Bonchev–Trinajstić information content (AvgIpc) is 2.53. The summed E-state index contributed by atoms with van der Waals surface area (Å²) in [5.74, 6) is 1.36. The summed E-state index contributed by atoms with van der Waals surface area (Å²) in [5.41, 5.74) is 6.97. The normalized spacial score (nSPS) is 12.3. The van der Waals surface area contributed by atoms with Crippen LogP contribution in [-0.2, 0) is 16.6 Å². The first-order valence-corrected chi connectivity index (χ1v) is 10.1. The van der Waals surface area contributed by atoms with E-state index in [-0.39, 0.29) is 28.3 Å². The van der Waals surface area contributed by atoms with Crippen molar-refractivity contribution in [2.45, 2.75) is 63.0 Å². The van der Waals surface area contributed by atoms with Crippen LogP contribution >= 0.6 is 11.8 Å². The van der Waals surface area contributed by atoms with Crippen LogP contribution in [0.25, 0.3) is 0 Å². The molecule has 0 saturated heterocycles. The zero-order valence-electron chi connectivity index (χ0n) is 18.0. The fraction of sp³-hybridized carbons (Fsp3) is 0.550. The van der Waals surface area contributed by atoms with Crippen LogP contribution in [0.2, 0.25) is 0 Å². The minimum atomic E-state index is -0.298. The van der Waals surface area contributed by atoms with Crippen LogP contribution in [0.1, 0.15) is 58.5 Å². The number of aromatic hydroxyl groups is 2. The Bertz CT molecular complexity index is 870. The van der Waals surface area contributed by atoms with Crippen molar-refractivity contribution in [2.75, 3.05) is 24.7 Å². The second-order valence-electron chi connectivity index (χ2n) is 9.09. The molecule has 4 N–H and O–H groups in total. The Morgan fingerprint density at radius 2 is 1.50 bits per heavy atom. The Balaban J connectivity index is 2.50. The van der Waals surface area contributed by atoms with Crippen LogP contribution in [0, 0.1) is 0 Å². The van der Waals surface area contributed by atoms with Gasteiger partial charge in [0.25, 0.3) is 0 Å². The second kappa shape index (κ2) is 7.66. The molecule has 1 aromatic carbocycles. The van der Waals surface area contributed by atoms with Crippen molar-refractivity contribution < 1.29 is 10.2 Å². The van der Waals surface area contributed by atoms with Gasteiger partial charge in [-0.2, -0.15) is 15.0 Å². The molecule has 7 nitrogen and oxygen atoms in total. The van der Waals surface area contributed by atoms with E-state index in [4.69, 9.17) is 5.73 Å². The van der Waals surface area contributed by atoms with Crippen LogP contribution < -0.4 is 10.6 Å². The average molecular weight is 406 g/mol. The molecule has 2 rings (SSSR count). The number of phenols is 2. The first-order valence-electron chi connectivity index (χ1n) is 9.12. The van der Waals surface area contributed by atoms with Gasteiger partial charge in [0, 0.05) is 19.7 Å². The standard InChI is InChI=1S/C20H31N5O2S/c1-19(2,3)11-9-12(20(4,5)6)16(15(27)14(11)26)28-10-13-22-17(21)24-18(23-13)25(7)8/h9,26-27H,10H2,1-8H3,(H2,21,22,23,24). The minimum Gasteiger partial charge on any atom is -0.504 e. The van der Waals surface area contributed by atoms with E-state index in [0.717, 1.165) is 11.1 Å². The van der Waals surface area contributed by atoms with Gasteiger partial charge in [0.15, 0.2) is 11.5 Å². The summed E-state index contributed by atoms with van der Waals surface area (Å²) in [6, 6.07) is 1.99. The van der Waals surface area contributed by atoms with Gasteiger partial charge in [-0.1, -0.05) is 41.5 Å². The number of aromatic nitrogens is 3. The lowest BCUT2D eigenvalue weighted by Gasteiger charge is -2.29. The molecular weight excluding hydrogens is 374 g/mol. The van der Waals surface area contributed by atoms with Crippen molar-refractivity contribution in [1.29, 1.82) is 0 Å². The highest BCUT2D eigenvalue weighted by Gasteiger charge is 2.29. The van der Waals surface area contributed by atoms with E-state index in [1.54, 1.807) is 4.90 Å². The molecule has 0 radical (unpaired) electrons. The van der Waals surface area contributed by atoms with Gasteiger partial charge in [-0.15, -0.1) is 11.8 Å². The highest BCUT2D eigenvalue weighted by Crippen LogP contribution is 2.48. The van der Waals surface area contributed by atoms with Crippen molar-refractivity contribution in [1.82, 2.24) is 15.0 Å². The highest BCUT2D eigenvalue weighted by molar-refractivity contribution is 7.98. The first kappa shape index (κ1) is 22.1. The van der Waals surface area contributed by atoms with Crippen molar-refractivity contribution in [2.24, 2.45) is 0 Å². The van der Waals surface area contributed by atoms with Crippen molar-refractivity contribution in [3.8, 4) is 11.5 Å². The highest BCUT2D eigenvalue weighted by atomic mass is 32.2. The molecule has 1 heterocycles.